The predicted octanol–water partition coefficient (Wildman–Crippen LogP) is 7.16. The zero-order valence-electron chi connectivity index (χ0n) is 23.8. The summed E-state index contributed by atoms with van der Waals surface area (Å²) in [7, 11) is 1.46. The summed E-state index contributed by atoms with van der Waals surface area (Å²) in [6.45, 7) is 3.15. The normalized spacial score (nSPS) is 19.2. The summed E-state index contributed by atoms with van der Waals surface area (Å²) in [6, 6.07) is 8.97. The van der Waals surface area contributed by atoms with Crippen molar-refractivity contribution in [2.24, 2.45) is 0 Å². The fourth-order valence-corrected chi connectivity index (χ4v) is 5.88. The van der Waals surface area contributed by atoms with Crippen molar-refractivity contribution < 1.29 is 50.8 Å². The Morgan fingerprint density at radius 2 is 1.69 bits per heavy atom. The fourth-order valence-electron chi connectivity index (χ4n) is 5.13. The van der Waals surface area contributed by atoms with Crippen LogP contribution in [0.2, 0.25) is 0 Å². The van der Waals surface area contributed by atoms with Crippen molar-refractivity contribution in [1.29, 1.82) is 0 Å². The molecule has 1 aliphatic rings. The van der Waals surface area contributed by atoms with Crippen molar-refractivity contribution in [2.45, 2.75) is 51.3 Å². The van der Waals surface area contributed by atoms with Gasteiger partial charge in [0.1, 0.15) is 21.7 Å². The lowest BCUT2D eigenvalue weighted by Gasteiger charge is -2.25. The molecule has 8 nitrogen and oxygen atoms in total. The topological polar surface area (TPSA) is 105 Å². The van der Waals surface area contributed by atoms with Crippen LogP contribution in [0, 0.1) is 6.92 Å². The van der Waals surface area contributed by atoms with Crippen LogP contribution in [0.1, 0.15) is 50.8 Å². The molecule has 2 aromatic carbocycles. The van der Waals surface area contributed by atoms with Crippen LogP contribution in [0.15, 0.2) is 54.7 Å². The second-order valence-corrected chi connectivity index (χ2v) is 11.4. The van der Waals surface area contributed by atoms with Gasteiger partial charge in [-0.3, -0.25) is 4.98 Å². The van der Waals surface area contributed by atoms with Gasteiger partial charge in [-0.15, -0.1) is 11.3 Å². The average molecular weight is 654 g/mol. The first-order valence-corrected chi connectivity index (χ1v) is 14.1. The van der Waals surface area contributed by atoms with Crippen LogP contribution >= 0.6 is 11.3 Å². The van der Waals surface area contributed by atoms with Gasteiger partial charge in [0.05, 0.1) is 30.1 Å². The van der Waals surface area contributed by atoms with E-state index in [9.17, 15) is 41.4 Å². The van der Waals surface area contributed by atoms with Gasteiger partial charge in [0.2, 0.25) is 6.41 Å². The average Bonchev–Trinajstić information content (AvgIpc) is 3.57. The van der Waals surface area contributed by atoms with Crippen LogP contribution in [0.5, 0.6) is 5.75 Å². The summed E-state index contributed by atoms with van der Waals surface area (Å²) in [4.78, 5) is 21.6. The van der Waals surface area contributed by atoms with Gasteiger partial charge >= 0.3 is 18.3 Å². The van der Waals surface area contributed by atoms with Crippen LogP contribution in [0.3, 0.4) is 0 Å². The summed E-state index contributed by atoms with van der Waals surface area (Å²) in [5.74, 6) is -0.676. The number of carbonyl (C=O) groups is 1. The minimum Gasteiger partial charge on any atom is -0.496 e. The third-order valence-corrected chi connectivity index (χ3v) is 8.39. The fraction of sp³-hybridized carbons (Fsp3) is 0.300. The van der Waals surface area contributed by atoms with Crippen LogP contribution in [0.4, 0.5) is 26.3 Å². The van der Waals surface area contributed by atoms with E-state index >= 15 is 0 Å². The summed E-state index contributed by atoms with van der Waals surface area (Å²) >= 11 is 0.982. The largest absolute Gasteiger partial charge is 0.496 e. The predicted molar refractivity (Wildman–Crippen MR) is 150 cm³/mol. The van der Waals surface area contributed by atoms with Crippen molar-refractivity contribution in [2.75, 3.05) is 7.11 Å². The Bertz CT molecular complexity index is 1710. The Morgan fingerprint density at radius 3 is 2.27 bits per heavy atom. The molecule has 5 rings (SSSR count). The van der Waals surface area contributed by atoms with E-state index in [1.165, 1.54) is 25.1 Å². The first kappa shape index (κ1) is 32.3. The first-order valence-electron chi connectivity index (χ1n) is 13.3. The Kier molecular flexibility index (Phi) is 8.65. The van der Waals surface area contributed by atoms with E-state index in [1.807, 2.05) is 0 Å². The summed E-state index contributed by atoms with van der Waals surface area (Å²) in [6.07, 6.45) is -11.8. The number of aromatic nitrogens is 2. The maximum atomic E-state index is 13.5. The SMILES string of the molecule is COc1ccc(-c2ncc(C(=O)O)s2)cc1-c1ccc(C)nc1CN1C(O)O[C@H](c2cc(C(F)(F)F)cc(C(F)(F)F)c2)[C@@H]1C. The number of ether oxygens (including phenoxy) is 2. The number of alkyl halides is 6. The number of aliphatic hydroxyl groups excluding tert-OH is 1. The lowest BCUT2D eigenvalue weighted by Crippen LogP contribution is -2.35. The number of aryl methyl sites for hydroxylation is 1. The molecule has 0 aliphatic carbocycles. The van der Waals surface area contributed by atoms with Gasteiger partial charge in [0.25, 0.3) is 0 Å². The highest BCUT2D eigenvalue weighted by molar-refractivity contribution is 7.16. The maximum Gasteiger partial charge on any atom is 0.416 e. The number of carboxylic acid groups (broad SMARTS) is 1. The number of aliphatic hydroxyl groups is 1. The zero-order valence-corrected chi connectivity index (χ0v) is 24.6. The molecule has 45 heavy (non-hydrogen) atoms. The molecule has 0 radical (unpaired) electrons. The monoisotopic (exact) mass is 653 g/mol. The Hall–Kier alpha value is -4.05. The number of benzene rings is 2. The highest BCUT2D eigenvalue weighted by Crippen LogP contribution is 2.43. The number of aromatic carboxylic acids is 1. The molecule has 1 aliphatic heterocycles. The van der Waals surface area contributed by atoms with Gasteiger partial charge in [-0.1, -0.05) is 6.07 Å². The van der Waals surface area contributed by atoms with E-state index in [-0.39, 0.29) is 23.1 Å². The molecular formula is C30H25F6N3O5S. The van der Waals surface area contributed by atoms with Crippen molar-refractivity contribution in [1.82, 2.24) is 14.9 Å². The number of pyridine rings is 1. The van der Waals surface area contributed by atoms with Crippen molar-refractivity contribution in [3.8, 4) is 27.4 Å². The van der Waals surface area contributed by atoms with Crippen LogP contribution < -0.4 is 4.74 Å². The van der Waals surface area contributed by atoms with Gasteiger partial charge in [0, 0.05) is 35.0 Å². The number of halogens is 6. The molecule has 4 aromatic rings. The summed E-state index contributed by atoms with van der Waals surface area (Å²) in [5, 5.41) is 20.6. The number of hydrogen-bond acceptors (Lipinski definition) is 8. The molecule has 238 valence electrons. The number of thiazole rings is 1. The summed E-state index contributed by atoms with van der Waals surface area (Å²) in [5.41, 5.74) is -0.651. The molecule has 1 unspecified atom stereocenters. The minimum absolute atomic E-state index is 0.0376. The quantitative estimate of drug-likeness (QED) is 0.203. The zero-order chi connectivity index (χ0) is 32.8. The molecule has 2 aromatic heterocycles. The van der Waals surface area contributed by atoms with E-state index in [1.54, 1.807) is 37.3 Å². The number of nitrogens with zero attached hydrogens (tertiary/aromatic N) is 3. The molecule has 3 heterocycles. The van der Waals surface area contributed by atoms with Crippen molar-refractivity contribution in [3.63, 3.8) is 0 Å². The Balaban J connectivity index is 1.52. The third-order valence-electron chi connectivity index (χ3n) is 7.35. The molecule has 0 bridgehead atoms. The second-order valence-electron chi connectivity index (χ2n) is 10.3. The van der Waals surface area contributed by atoms with Crippen LogP contribution in [-0.4, -0.2) is 50.6 Å². The van der Waals surface area contributed by atoms with Gasteiger partial charge < -0.3 is 19.7 Å². The number of methoxy groups -OCH3 is 1. The molecule has 1 fully saturated rings. The standard InChI is InChI=1S/C30H25F6N3O5S/c1-14-4-6-20(21-10-16(5-7-23(21)43-3)26-37-12-24(45-26)27(40)41)22(38-14)13-39-15(2)25(44-28(39)42)17-8-18(29(31,32)33)11-19(9-17)30(34,35)36/h4-12,15,25,28,42H,13H2,1-3H3,(H,40,41)/t15-,25-,28?/m0/s1. The lowest BCUT2D eigenvalue weighted by molar-refractivity contribution is -0.154. The van der Waals surface area contributed by atoms with Gasteiger partial charge in [-0.25, -0.2) is 14.7 Å². The smallest absolute Gasteiger partial charge is 0.416 e. The van der Waals surface area contributed by atoms with Gasteiger partial charge in [-0.2, -0.15) is 26.3 Å². The molecule has 0 spiro atoms. The molecule has 2 N–H and O–H groups in total. The first-order chi connectivity index (χ1) is 21.1. The van der Waals surface area contributed by atoms with Gasteiger partial charge in [0.15, 0.2) is 0 Å². The molecule has 0 saturated carbocycles. The molecular weight excluding hydrogens is 628 g/mol. The number of hydrogen-bond donors (Lipinski definition) is 2. The molecule has 3 atom stereocenters. The third kappa shape index (κ3) is 6.66. The van der Waals surface area contributed by atoms with Crippen LogP contribution in [-0.2, 0) is 23.6 Å². The second kappa shape index (κ2) is 12.0. The molecule has 1 saturated heterocycles. The van der Waals surface area contributed by atoms with Crippen LogP contribution in [0.25, 0.3) is 21.7 Å². The number of rotatable bonds is 7. The van der Waals surface area contributed by atoms with Crippen molar-refractivity contribution >= 4 is 17.3 Å². The van der Waals surface area contributed by atoms with E-state index in [2.05, 4.69) is 9.97 Å². The highest BCUT2D eigenvalue weighted by Gasteiger charge is 2.43. The van der Waals surface area contributed by atoms with E-state index < -0.39 is 48.0 Å². The van der Waals surface area contributed by atoms with Crippen molar-refractivity contribution in [3.05, 3.63) is 87.7 Å². The summed E-state index contributed by atoms with van der Waals surface area (Å²) < 4.78 is 92.3. The molecule has 0 amide bonds. The van der Waals surface area contributed by atoms with E-state index in [0.717, 1.165) is 11.3 Å². The Morgan fingerprint density at radius 1 is 1.02 bits per heavy atom. The maximum absolute atomic E-state index is 13.5. The Labute approximate surface area is 256 Å². The lowest BCUT2D eigenvalue weighted by atomic mass is 9.97. The number of carboxylic acids is 1. The highest BCUT2D eigenvalue weighted by atomic mass is 32.1. The van der Waals surface area contributed by atoms with E-state index in [0.29, 0.717) is 51.0 Å². The van der Waals surface area contributed by atoms with E-state index in [4.69, 9.17) is 9.47 Å². The van der Waals surface area contributed by atoms with Gasteiger partial charge in [-0.05, 0) is 61.9 Å². The molecule has 15 heteroatoms. The minimum atomic E-state index is -5.04.